The molecule has 0 aromatic rings. The molecule has 3 rings (SSSR count). The van der Waals surface area contributed by atoms with Crippen LogP contribution in [0.5, 0.6) is 0 Å². The van der Waals surface area contributed by atoms with Crippen molar-refractivity contribution in [3.63, 3.8) is 0 Å². The fourth-order valence-corrected chi connectivity index (χ4v) is 4.35. The quantitative estimate of drug-likeness (QED) is 0.602. The van der Waals surface area contributed by atoms with Gasteiger partial charge in [0.15, 0.2) is 0 Å². The van der Waals surface area contributed by atoms with Gasteiger partial charge < -0.3 is 4.48 Å². The highest BCUT2D eigenvalue weighted by Crippen LogP contribution is 2.44. The summed E-state index contributed by atoms with van der Waals surface area (Å²) < 4.78 is 1.21. The zero-order valence-electron chi connectivity index (χ0n) is 9.74. The molecule has 0 aromatic carbocycles. The van der Waals surface area contributed by atoms with E-state index in [1.54, 1.807) is 0 Å². The Morgan fingerprint density at radius 2 is 1.73 bits per heavy atom. The highest BCUT2D eigenvalue weighted by molar-refractivity contribution is 5.86. The summed E-state index contributed by atoms with van der Waals surface area (Å²) in [4.78, 5) is 12.1. The molecule has 0 amide bonds. The first-order chi connectivity index (χ1) is 7.21. The normalized spacial score (nSPS) is 43.5. The predicted molar refractivity (Wildman–Crippen MR) is 59.4 cm³/mol. The van der Waals surface area contributed by atoms with Crippen molar-refractivity contribution in [1.29, 1.82) is 0 Å². The van der Waals surface area contributed by atoms with Gasteiger partial charge in [-0.25, -0.2) is 0 Å². The largest absolute Gasteiger partial charge is 0.323 e. The van der Waals surface area contributed by atoms with E-state index in [9.17, 15) is 4.79 Å². The summed E-state index contributed by atoms with van der Waals surface area (Å²) in [6, 6.07) is 0.679. The lowest BCUT2D eigenvalue weighted by Crippen LogP contribution is -2.55. The molecule has 2 bridgehead atoms. The fraction of sp³-hybridized carbons (Fsp3) is 0.923. The van der Waals surface area contributed by atoms with Crippen LogP contribution in [0, 0.1) is 11.8 Å². The minimum atomic E-state index is 0.437. The molecule has 0 unspecified atom stereocenters. The standard InChI is InChI=1S/C13H22NO/c1-14(8-2-3-9-14)12-7-5-10-4-6-11(12)13(10)15/h10-12H,2-9H2,1H3/q+1/t10-,11+,12-/m0/s1. The summed E-state index contributed by atoms with van der Waals surface area (Å²) in [6.45, 7) is 2.64. The van der Waals surface area contributed by atoms with E-state index in [0.29, 0.717) is 23.7 Å². The topological polar surface area (TPSA) is 17.1 Å². The number of carbonyl (C=O) groups is 1. The first kappa shape index (κ1) is 9.83. The fourth-order valence-electron chi connectivity index (χ4n) is 4.35. The number of carbonyl (C=O) groups excluding carboxylic acids is 1. The Labute approximate surface area is 92.2 Å². The number of quaternary nitrogens is 1. The highest BCUT2D eigenvalue weighted by atomic mass is 16.1. The summed E-state index contributed by atoms with van der Waals surface area (Å²) in [5.41, 5.74) is 0. The number of nitrogens with zero attached hydrogens (tertiary/aromatic N) is 1. The molecule has 1 saturated heterocycles. The molecule has 15 heavy (non-hydrogen) atoms. The van der Waals surface area contributed by atoms with Crippen LogP contribution in [0.1, 0.15) is 38.5 Å². The molecule has 2 heteroatoms. The maximum absolute atomic E-state index is 12.1. The van der Waals surface area contributed by atoms with Gasteiger partial charge in [-0.3, -0.25) is 4.79 Å². The van der Waals surface area contributed by atoms with E-state index >= 15 is 0 Å². The molecule has 2 aliphatic carbocycles. The van der Waals surface area contributed by atoms with E-state index in [4.69, 9.17) is 0 Å². The molecular formula is C13H22NO+. The van der Waals surface area contributed by atoms with Crippen molar-refractivity contribution in [2.24, 2.45) is 11.8 Å². The number of hydrogen-bond donors (Lipinski definition) is 0. The number of fused-ring (bicyclic) bond motifs is 2. The van der Waals surface area contributed by atoms with Crippen molar-refractivity contribution < 1.29 is 9.28 Å². The van der Waals surface area contributed by atoms with Gasteiger partial charge in [0, 0.05) is 25.2 Å². The second kappa shape index (κ2) is 3.31. The second-order valence-electron chi connectivity index (χ2n) is 6.06. The van der Waals surface area contributed by atoms with Crippen molar-refractivity contribution >= 4 is 5.78 Å². The zero-order valence-corrected chi connectivity index (χ0v) is 9.74. The lowest BCUT2D eigenvalue weighted by Gasteiger charge is -2.42. The summed E-state index contributed by atoms with van der Waals surface area (Å²) in [6.07, 6.45) is 7.64. The van der Waals surface area contributed by atoms with Crippen molar-refractivity contribution in [2.45, 2.75) is 44.6 Å². The molecular weight excluding hydrogens is 186 g/mol. The number of Topliss-reactive ketones (excluding diaryl/α,β-unsaturated/α-hetero) is 1. The van der Waals surface area contributed by atoms with Gasteiger partial charge in [0.25, 0.3) is 0 Å². The number of rotatable bonds is 1. The molecule has 1 heterocycles. The Hall–Kier alpha value is -0.370. The third-order valence-electron chi connectivity index (χ3n) is 5.26. The third kappa shape index (κ3) is 1.37. The van der Waals surface area contributed by atoms with Gasteiger partial charge in [-0.1, -0.05) is 0 Å². The van der Waals surface area contributed by atoms with Crippen LogP contribution in [0.3, 0.4) is 0 Å². The molecule has 0 aromatic heterocycles. The maximum atomic E-state index is 12.1. The Morgan fingerprint density at radius 1 is 1.07 bits per heavy atom. The van der Waals surface area contributed by atoms with Gasteiger partial charge in [0.2, 0.25) is 0 Å². The second-order valence-corrected chi connectivity index (χ2v) is 6.06. The first-order valence-electron chi connectivity index (χ1n) is 6.59. The molecule has 1 aliphatic heterocycles. The van der Waals surface area contributed by atoms with Crippen molar-refractivity contribution in [1.82, 2.24) is 0 Å². The number of ketones is 1. The van der Waals surface area contributed by atoms with Crippen LogP contribution >= 0.6 is 0 Å². The smallest absolute Gasteiger partial charge is 0.144 e. The highest BCUT2D eigenvalue weighted by Gasteiger charge is 2.51. The van der Waals surface area contributed by atoms with Crippen LogP contribution in [0.15, 0.2) is 0 Å². The minimum absolute atomic E-state index is 0.437. The average Bonchev–Trinajstić information content (AvgIpc) is 2.72. The molecule has 3 fully saturated rings. The summed E-state index contributed by atoms with van der Waals surface area (Å²) in [7, 11) is 2.39. The Morgan fingerprint density at radius 3 is 2.47 bits per heavy atom. The average molecular weight is 208 g/mol. The van der Waals surface area contributed by atoms with E-state index in [-0.39, 0.29) is 0 Å². The molecule has 0 radical (unpaired) electrons. The van der Waals surface area contributed by atoms with Crippen LogP contribution in [0.25, 0.3) is 0 Å². The molecule has 2 nitrogen and oxygen atoms in total. The van der Waals surface area contributed by atoms with Crippen LogP contribution < -0.4 is 0 Å². The van der Waals surface area contributed by atoms with Crippen molar-refractivity contribution in [3.8, 4) is 0 Å². The third-order valence-corrected chi connectivity index (χ3v) is 5.26. The van der Waals surface area contributed by atoms with Gasteiger partial charge in [-0.2, -0.15) is 0 Å². The zero-order chi connectivity index (χ0) is 10.5. The lowest BCUT2D eigenvalue weighted by molar-refractivity contribution is -0.925. The van der Waals surface area contributed by atoms with Gasteiger partial charge in [0.1, 0.15) is 5.78 Å². The summed E-state index contributed by atoms with van der Waals surface area (Å²) in [5.74, 6) is 1.52. The number of likely N-dealkylation sites (tertiary alicyclic amines) is 1. The van der Waals surface area contributed by atoms with E-state index in [1.165, 1.54) is 56.1 Å². The van der Waals surface area contributed by atoms with Gasteiger partial charge in [0.05, 0.1) is 32.1 Å². The van der Waals surface area contributed by atoms with Crippen LogP contribution in [-0.2, 0) is 4.79 Å². The Kier molecular flexibility index (Phi) is 2.17. The van der Waals surface area contributed by atoms with Crippen LogP contribution in [0.4, 0.5) is 0 Å². The van der Waals surface area contributed by atoms with Gasteiger partial charge in [-0.15, -0.1) is 0 Å². The van der Waals surface area contributed by atoms with Gasteiger partial charge in [-0.05, 0) is 19.3 Å². The maximum Gasteiger partial charge on any atom is 0.144 e. The monoisotopic (exact) mass is 208 g/mol. The van der Waals surface area contributed by atoms with E-state index in [2.05, 4.69) is 7.05 Å². The van der Waals surface area contributed by atoms with Gasteiger partial charge >= 0.3 is 0 Å². The lowest BCUT2D eigenvalue weighted by atomic mass is 9.82. The Bertz CT molecular complexity index is 280. The first-order valence-corrected chi connectivity index (χ1v) is 6.59. The molecule has 0 N–H and O–H groups in total. The predicted octanol–water partition coefficient (Wildman–Crippen LogP) is 1.98. The van der Waals surface area contributed by atoms with Crippen molar-refractivity contribution in [2.75, 3.05) is 20.1 Å². The molecule has 3 aliphatic rings. The van der Waals surface area contributed by atoms with E-state index in [1.807, 2.05) is 0 Å². The minimum Gasteiger partial charge on any atom is -0.323 e. The summed E-state index contributed by atoms with van der Waals surface area (Å²) in [5, 5.41) is 0. The molecule has 2 saturated carbocycles. The van der Waals surface area contributed by atoms with E-state index in [0.717, 1.165) is 0 Å². The van der Waals surface area contributed by atoms with Crippen molar-refractivity contribution in [3.05, 3.63) is 0 Å². The molecule has 0 spiro atoms. The molecule has 3 atom stereocenters. The van der Waals surface area contributed by atoms with Crippen LogP contribution in [-0.4, -0.2) is 36.4 Å². The molecule has 84 valence electrons. The SMILES string of the molecule is C[N+]1([C@H]2CC[C@@H]3CC[C@H]2C3=O)CCCC1. The summed E-state index contributed by atoms with van der Waals surface area (Å²) >= 11 is 0. The van der Waals surface area contributed by atoms with Crippen LogP contribution in [0.2, 0.25) is 0 Å². The number of hydrogen-bond acceptors (Lipinski definition) is 1. The Balaban J connectivity index is 1.84. The van der Waals surface area contributed by atoms with E-state index < -0.39 is 0 Å².